The molecule has 5 atom stereocenters. The first kappa shape index (κ1) is 32.7. The molecule has 3 N–H and O–H groups in total. The van der Waals surface area contributed by atoms with Gasteiger partial charge in [-0.15, -0.1) is 11.3 Å². The zero-order valence-electron chi connectivity index (χ0n) is 25.6. The Balaban J connectivity index is 1.69. The van der Waals surface area contributed by atoms with E-state index in [1.165, 1.54) is 17.4 Å². The van der Waals surface area contributed by atoms with Crippen molar-refractivity contribution in [3.05, 3.63) is 40.9 Å². The van der Waals surface area contributed by atoms with Crippen LogP contribution in [0.2, 0.25) is 0 Å². The maximum atomic E-state index is 14.2. The van der Waals surface area contributed by atoms with Gasteiger partial charge in [0.25, 0.3) is 0 Å². The summed E-state index contributed by atoms with van der Waals surface area (Å²) in [5.74, 6) is -0.892. The number of rotatable bonds is 7. The molecular weight excluding hydrogens is 581 g/mol. The highest BCUT2D eigenvalue weighted by molar-refractivity contribution is 7.13. The molecule has 236 valence electrons. The number of hydrogen-bond donors (Lipinski definition) is 3. The summed E-state index contributed by atoms with van der Waals surface area (Å²) in [6.07, 6.45) is -3.92. The third-order valence-corrected chi connectivity index (χ3v) is 9.06. The minimum Gasteiger partial charge on any atom is -0.342 e. The van der Waals surface area contributed by atoms with Crippen LogP contribution in [-0.2, 0) is 15.8 Å². The predicted octanol–water partition coefficient (Wildman–Crippen LogP) is 4.45. The van der Waals surface area contributed by atoms with Gasteiger partial charge in [0.1, 0.15) is 11.0 Å². The van der Waals surface area contributed by atoms with Gasteiger partial charge < -0.3 is 25.8 Å². The number of benzene rings is 1. The second kappa shape index (κ2) is 12.4. The van der Waals surface area contributed by atoms with Gasteiger partial charge in [0.05, 0.1) is 29.4 Å². The van der Waals surface area contributed by atoms with E-state index in [4.69, 9.17) is 4.98 Å². The number of alkyl halides is 3. The number of nitrogens with one attached hydrogen (secondary N) is 3. The van der Waals surface area contributed by atoms with E-state index in [0.717, 1.165) is 12.1 Å². The van der Waals surface area contributed by atoms with Crippen LogP contribution in [0.1, 0.15) is 65.1 Å². The maximum Gasteiger partial charge on any atom is 0.416 e. The molecule has 2 aliphatic heterocycles. The molecule has 4 rings (SSSR count). The Labute approximate surface area is 254 Å². The van der Waals surface area contributed by atoms with Crippen LogP contribution >= 0.6 is 11.3 Å². The Morgan fingerprint density at radius 3 is 2.37 bits per heavy atom. The van der Waals surface area contributed by atoms with Crippen LogP contribution in [0.3, 0.4) is 0 Å². The van der Waals surface area contributed by atoms with Crippen molar-refractivity contribution in [3.63, 3.8) is 0 Å². The molecule has 0 aliphatic carbocycles. The van der Waals surface area contributed by atoms with Crippen LogP contribution in [-0.4, -0.2) is 83.0 Å². The highest BCUT2D eigenvalue weighted by atomic mass is 32.1. The van der Waals surface area contributed by atoms with Crippen LogP contribution in [0.4, 0.5) is 18.0 Å². The number of hydrogen-bond acceptors (Lipinski definition) is 6. The molecule has 0 bridgehead atoms. The lowest BCUT2D eigenvalue weighted by atomic mass is 9.85. The number of nitrogens with zero attached hydrogens (tertiary/aromatic N) is 3. The number of fused-ring (bicyclic) bond motifs is 1. The van der Waals surface area contributed by atoms with E-state index >= 15 is 0 Å². The fraction of sp³-hybridized carbons (Fsp3) is 0.600. The Bertz CT molecular complexity index is 1340. The summed E-state index contributed by atoms with van der Waals surface area (Å²) < 4.78 is 40.1. The fourth-order valence-electron chi connectivity index (χ4n) is 5.80. The normalized spacial score (nSPS) is 22.0. The van der Waals surface area contributed by atoms with E-state index in [9.17, 15) is 27.6 Å². The third kappa shape index (κ3) is 6.98. The molecule has 2 aliphatic rings. The lowest BCUT2D eigenvalue weighted by Crippen LogP contribution is -2.59. The summed E-state index contributed by atoms with van der Waals surface area (Å²) in [6, 6.07) is 2.72. The van der Waals surface area contributed by atoms with Crippen molar-refractivity contribution in [2.75, 3.05) is 20.1 Å². The SMILES string of the molecule is CN[C@@H](C)C(=O)N[C@H](C(=O)N1CC[C@@H]2[C@H]1[C@@H](c1csc(-c3cccc(C(F)(F)F)c3)n1)CN2C(=O)NC(C)C)C(C)(C)C. The van der Waals surface area contributed by atoms with Crippen LogP contribution in [0.5, 0.6) is 0 Å². The highest BCUT2D eigenvalue weighted by Gasteiger charge is 2.54. The number of likely N-dealkylation sites (N-methyl/N-ethyl adjacent to an activating group) is 1. The van der Waals surface area contributed by atoms with Gasteiger partial charge in [0.15, 0.2) is 0 Å². The van der Waals surface area contributed by atoms with Crippen molar-refractivity contribution in [1.29, 1.82) is 0 Å². The largest absolute Gasteiger partial charge is 0.416 e. The molecule has 2 fully saturated rings. The first-order valence-electron chi connectivity index (χ1n) is 14.5. The zero-order chi connectivity index (χ0) is 31.9. The van der Waals surface area contributed by atoms with Crippen LogP contribution < -0.4 is 16.0 Å². The molecule has 3 heterocycles. The Morgan fingerprint density at radius 1 is 1.07 bits per heavy atom. The Kier molecular flexibility index (Phi) is 9.46. The quantitative estimate of drug-likeness (QED) is 0.423. The molecule has 1 aromatic heterocycles. The summed E-state index contributed by atoms with van der Waals surface area (Å²) in [5, 5.41) is 11.0. The van der Waals surface area contributed by atoms with Crippen LogP contribution in [0, 0.1) is 5.41 Å². The molecule has 0 unspecified atom stereocenters. The second-order valence-electron chi connectivity index (χ2n) is 12.7. The monoisotopic (exact) mass is 622 g/mol. The summed E-state index contributed by atoms with van der Waals surface area (Å²) >= 11 is 1.23. The molecule has 13 heteroatoms. The van der Waals surface area contributed by atoms with Crippen molar-refractivity contribution < 1.29 is 27.6 Å². The number of likely N-dealkylation sites (tertiary alicyclic amines) is 2. The molecule has 2 aromatic rings. The predicted molar refractivity (Wildman–Crippen MR) is 159 cm³/mol. The molecular formula is C30H41F3N6O3S. The van der Waals surface area contributed by atoms with Gasteiger partial charge in [-0.25, -0.2) is 9.78 Å². The molecule has 9 nitrogen and oxygen atoms in total. The van der Waals surface area contributed by atoms with Gasteiger partial charge >= 0.3 is 12.2 Å². The van der Waals surface area contributed by atoms with Gasteiger partial charge in [-0.3, -0.25) is 9.59 Å². The smallest absolute Gasteiger partial charge is 0.342 e. The summed E-state index contributed by atoms with van der Waals surface area (Å²) in [7, 11) is 1.67. The molecule has 1 aromatic carbocycles. The van der Waals surface area contributed by atoms with E-state index in [1.54, 1.807) is 35.2 Å². The van der Waals surface area contributed by atoms with Gasteiger partial charge in [0.2, 0.25) is 11.8 Å². The van der Waals surface area contributed by atoms with E-state index in [1.807, 2.05) is 34.6 Å². The van der Waals surface area contributed by atoms with Gasteiger partial charge in [-0.1, -0.05) is 32.9 Å². The minimum atomic E-state index is -4.48. The summed E-state index contributed by atoms with van der Waals surface area (Å²) in [4.78, 5) is 48.6. The number of thiazole rings is 1. The summed E-state index contributed by atoms with van der Waals surface area (Å²) in [6.45, 7) is 11.8. The number of halogens is 3. The van der Waals surface area contributed by atoms with Crippen LogP contribution in [0.15, 0.2) is 29.6 Å². The van der Waals surface area contributed by atoms with Gasteiger partial charge in [0, 0.05) is 36.0 Å². The average Bonchev–Trinajstić information content (AvgIpc) is 3.65. The minimum absolute atomic E-state index is 0.0921. The van der Waals surface area contributed by atoms with E-state index in [-0.39, 0.29) is 35.8 Å². The standard InChI is InChI=1S/C30H41F3N6O3S/c1-16(2)35-28(42)39-14-20(21-15-43-26(36-21)18-9-8-10-19(13-18)30(31,32)33)23-22(39)11-12-38(23)27(41)24(29(4,5)6)37-25(40)17(3)34-7/h8-10,13,15-17,20,22-24,34H,11-12,14H2,1-7H3,(H,35,42)(H,37,40)/t17-,20+,22+,23+,24+/m0/s1. The molecule has 0 radical (unpaired) electrons. The van der Waals surface area contributed by atoms with Crippen molar-refractivity contribution in [2.24, 2.45) is 5.41 Å². The Hall–Kier alpha value is -3.19. The van der Waals surface area contributed by atoms with Crippen molar-refractivity contribution in [3.8, 4) is 10.6 Å². The number of carbonyl (C=O) groups is 3. The van der Waals surface area contributed by atoms with Crippen molar-refractivity contribution in [1.82, 2.24) is 30.7 Å². The van der Waals surface area contributed by atoms with Crippen molar-refractivity contribution in [2.45, 2.75) is 90.3 Å². The zero-order valence-corrected chi connectivity index (χ0v) is 26.4. The number of aromatic nitrogens is 1. The topological polar surface area (TPSA) is 107 Å². The number of carbonyl (C=O) groups excluding carboxylic acids is 3. The molecule has 0 saturated carbocycles. The first-order chi connectivity index (χ1) is 20.0. The first-order valence-corrected chi connectivity index (χ1v) is 15.4. The van der Waals surface area contributed by atoms with E-state index < -0.39 is 35.3 Å². The second-order valence-corrected chi connectivity index (χ2v) is 13.6. The van der Waals surface area contributed by atoms with Crippen molar-refractivity contribution >= 4 is 29.2 Å². The molecule has 0 spiro atoms. The molecule has 4 amide bonds. The lowest BCUT2D eigenvalue weighted by Gasteiger charge is -2.37. The number of urea groups is 1. The van der Waals surface area contributed by atoms with Crippen LogP contribution in [0.25, 0.3) is 10.6 Å². The summed E-state index contributed by atoms with van der Waals surface area (Å²) in [5.41, 5.74) is -0.386. The van der Waals surface area contributed by atoms with E-state index in [2.05, 4.69) is 16.0 Å². The number of amides is 4. The Morgan fingerprint density at radius 2 is 1.77 bits per heavy atom. The van der Waals surface area contributed by atoms with Gasteiger partial charge in [-0.2, -0.15) is 13.2 Å². The average molecular weight is 623 g/mol. The fourth-order valence-corrected chi connectivity index (χ4v) is 6.68. The lowest BCUT2D eigenvalue weighted by molar-refractivity contribution is -0.140. The maximum absolute atomic E-state index is 14.2. The third-order valence-electron chi connectivity index (χ3n) is 8.15. The molecule has 2 saturated heterocycles. The van der Waals surface area contributed by atoms with Gasteiger partial charge in [-0.05, 0) is 51.8 Å². The van der Waals surface area contributed by atoms with E-state index in [0.29, 0.717) is 35.8 Å². The highest BCUT2D eigenvalue weighted by Crippen LogP contribution is 2.43. The molecule has 43 heavy (non-hydrogen) atoms.